The molecule has 0 unspecified atom stereocenters. The number of aromatic nitrogens is 1. The number of hydrogen-bond acceptors (Lipinski definition) is 6. The smallest absolute Gasteiger partial charge is 0.338 e. The minimum Gasteiger partial charge on any atom is -0.465 e. The van der Waals surface area contributed by atoms with Gasteiger partial charge in [0.2, 0.25) is 0 Å². The first-order chi connectivity index (χ1) is 14.0. The lowest BCUT2D eigenvalue weighted by atomic mass is 9.96. The molecule has 0 aliphatic carbocycles. The van der Waals surface area contributed by atoms with E-state index in [9.17, 15) is 14.0 Å². The number of rotatable bonds is 4. The molecule has 1 atom stereocenters. The zero-order chi connectivity index (χ0) is 20.5. The molecule has 8 heteroatoms. The summed E-state index contributed by atoms with van der Waals surface area (Å²) in [4.78, 5) is 30.8. The Balaban J connectivity index is 1.97. The normalized spacial score (nSPS) is 16.5. The van der Waals surface area contributed by atoms with Gasteiger partial charge in [-0.1, -0.05) is 23.5 Å². The standard InChI is InChI=1S/C21H17FN2O4S/c1-3-27-20(26)17-12(2)23-21-24(18(17)13-6-8-14(22)9-7-13)19(25)16(29-21)11-15-5-4-10-28-15/h4-11,18H,3H2,1-2H3/t18-/m0/s1. The number of hydrogen-bond donors (Lipinski definition) is 0. The number of benzene rings is 1. The Bertz CT molecular complexity index is 1270. The van der Waals surface area contributed by atoms with Crippen LogP contribution in [0.15, 0.2) is 68.1 Å². The van der Waals surface area contributed by atoms with Crippen molar-refractivity contribution >= 4 is 23.4 Å². The molecule has 0 N–H and O–H groups in total. The summed E-state index contributed by atoms with van der Waals surface area (Å²) in [5, 5.41) is 0. The number of esters is 1. The Hall–Kier alpha value is -3.26. The number of carbonyl (C=O) groups excluding carboxylic acids is 1. The largest absolute Gasteiger partial charge is 0.465 e. The van der Waals surface area contributed by atoms with Crippen molar-refractivity contribution in [2.75, 3.05) is 6.61 Å². The van der Waals surface area contributed by atoms with Crippen LogP contribution in [-0.2, 0) is 9.53 Å². The van der Waals surface area contributed by atoms with Gasteiger partial charge in [0.1, 0.15) is 11.6 Å². The molecule has 0 spiro atoms. The van der Waals surface area contributed by atoms with Crippen LogP contribution in [0.2, 0.25) is 0 Å². The van der Waals surface area contributed by atoms with Gasteiger partial charge in [0.25, 0.3) is 5.56 Å². The fraction of sp³-hybridized carbons (Fsp3) is 0.190. The van der Waals surface area contributed by atoms with Gasteiger partial charge in [-0.2, -0.15) is 0 Å². The van der Waals surface area contributed by atoms with Crippen LogP contribution in [0.25, 0.3) is 6.08 Å². The number of carbonyl (C=O) groups is 1. The molecule has 3 heterocycles. The monoisotopic (exact) mass is 412 g/mol. The highest BCUT2D eigenvalue weighted by molar-refractivity contribution is 7.07. The summed E-state index contributed by atoms with van der Waals surface area (Å²) in [6.45, 7) is 3.60. The third-order valence-corrected chi connectivity index (χ3v) is 5.50. The number of ether oxygens (including phenoxy) is 1. The summed E-state index contributed by atoms with van der Waals surface area (Å²) < 4.78 is 25.9. The lowest BCUT2D eigenvalue weighted by Crippen LogP contribution is -2.39. The van der Waals surface area contributed by atoms with E-state index in [0.717, 1.165) is 0 Å². The molecule has 0 fully saturated rings. The maximum absolute atomic E-state index is 13.5. The van der Waals surface area contributed by atoms with Crippen LogP contribution in [0, 0.1) is 5.82 Å². The van der Waals surface area contributed by atoms with Gasteiger partial charge in [-0.05, 0) is 43.7 Å². The van der Waals surface area contributed by atoms with Crippen LogP contribution in [-0.4, -0.2) is 17.1 Å². The van der Waals surface area contributed by atoms with E-state index in [0.29, 0.717) is 26.4 Å². The molecule has 1 aliphatic heterocycles. The minimum atomic E-state index is -0.760. The van der Waals surface area contributed by atoms with Gasteiger partial charge in [0, 0.05) is 6.08 Å². The Labute approximate surface area is 168 Å². The number of halogens is 1. The first-order valence-electron chi connectivity index (χ1n) is 8.98. The topological polar surface area (TPSA) is 73.8 Å². The third-order valence-electron chi connectivity index (χ3n) is 4.52. The highest BCUT2D eigenvalue weighted by Crippen LogP contribution is 2.30. The zero-order valence-electron chi connectivity index (χ0n) is 15.7. The predicted molar refractivity (Wildman–Crippen MR) is 106 cm³/mol. The lowest BCUT2D eigenvalue weighted by molar-refractivity contribution is -0.139. The van der Waals surface area contributed by atoms with Crippen molar-refractivity contribution in [3.8, 4) is 0 Å². The molecule has 2 aromatic heterocycles. The Morgan fingerprint density at radius 3 is 2.76 bits per heavy atom. The van der Waals surface area contributed by atoms with E-state index in [1.54, 1.807) is 44.2 Å². The molecule has 0 saturated carbocycles. The van der Waals surface area contributed by atoms with Crippen molar-refractivity contribution in [2.45, 2.75) is 19.9 Å². The molecule has 0 bridgehead atoms. The van der Waals surface area contributed by atoms with Gasteiger partial charge in [-0.15, -0.1) is 0 Å². The molecule has 6 nitrogen and oxygen atoms in total. The summed E-state index contributed by atoms with van der Waals surface area (Å²) in [7, 11) is 0. The van der Waals surface area contributed by atoms with Gasteiger partial charge in [0.15, 0.2) is 4.80 Å². The quantitative estimate of drug-likeness (QED) is 0.618. The van der Waals surface area contributed by atoms with E-state index in [1.807, 2.05) is 0 Å². The summed E-state index contributed by atoms with van der Waals surface area (Å²) >= 11 is 1.20. The molecule has 148 valence electrons. The van der Waals surface area contributed by atoms with Crippen molar-refractivity contribution in [3.63, 3.8) is 0 Å². The van der Waals surface area contributed by atoms with Crippen LogP contribution in [0.4, 0.5) is 4.39 Å². The van der Waals surface area contributed by atoms with E-state index in [-0.39, 0.29) is 17.7 Å². The molecule has 1 aromatic carbocycles. The Kier molecular flexibility index (Phi) is 5.02. The number of thiazole rings is 1. The van der Waals surface area contributed by atoms with Gasteiger partial charge in [-0.25, -0.2) is 14.2 Å². The highest BCUT2D eigenvalue weighted by Gasteiger charge is 2.33. The van der Waals surface area contributed by atoms with Crippen LogP contribution in [0.5, 0.6) is 0 Å². The lowest BCUT2D eigenvalue weighted by Gasteiger charge is -2.24. The number of allylic oxidation sites excluding steroid dienone is 1. The van der Waals surface area contributed by atoms with Crippen molar-refractivity contribution in [1.29, 1.82) is 0 Å². The predicted octanol–water partition coefficient (Wildman–Crippen LogP) is 2.53. The molecule has 0 radical (unpaired) electrons. The summed E-state index contributed by atoms with van der Waals surface area (Å²) in [6, 6.07) is 8.42. The van der Waals surface area contributed by atoms with Gasteiger partial charge in [0.05, 0.1) is 34.7 Å². The van der Waals surface area contributed by atoms with Crippen molar-refractivity contribution in [3.05, 3.63) is 90.8 Å². The zero-order valence-corrected chi connectivity index (χ0v) is 16.5. The molecule has 29 heavy (non-hydrogen) atoms. The van der Waals surface area contributed by atoms with Crippen molar-refractivity contribution in [1.82, 2.24) is 4.57 Å². The maximum atomic E-state index is 13.5. The first-order valence-corrected chi connectivity index (χ1v) is 9.80. The van der Waals surface area contributed by atoms with Crippen LogP contribution in [0.1, 0.15) is 31.2 Å². The summed E-state index contributed by atoms with van der Waals surface area (Å²) in [5.74, 6) is -0.421. The van der Waals surface area contributed by atoms with E-state index >= 15 is 0 Å². The second-order valence-corrected chi connectivity index (χ2v) is 7.38. The maximum Gasteiger partial charge on any atom is 0.338 e. The fourth-order valence-electron chi connectivity index (χ4n) is 3.25. The second kappa shape index (κ2) is 7.63. The molecule has 0 amide bonds. The van der Waals surface area contributed by atoms with Crippen LogP contribution in [0.3, 0.4) is 0 Å². The molecule has 1 aliphatic rings. The Morgan fingerprint density at radius 1 is 1.34 bits per heavy atom. The third kappa shape index (κ3) is 3.47. The molecule has 3 aromatic rings. The number of furan rings is 1. The van der Waals surface area contributed by atoms with Crippen molar-refractivity contribution in [2.24, 2.45) is 4.99 Å². The molecule has 4 rings (SSSR count). The van der Waals surface area contributed by atoms with Gasteiger partial charge >= 0.3 is 5.97 Å². The first kappa shape index (κ1) is 19.1. The second-order valence-electron chi connectivity index (χ2n) is 6.37. The highest BCUT2D eigenvalue weighted by atomic mass is 32.1. The number of fused-ring (bicyclic) bond motifs is 1. The fourth-order valence-corrected chi connectivity index (χ4v) is 4.28. The van der Waals surface area contributed by atoms with E-state index in [2.05, 4.69) is 4.99 Å². The SMILES string of the molecule is CCOC(=O)C1=C(C)N=c2sc(=Cc3ccco3)c(=O)n2[C@H]1c1ccc(F)cc1. The van der Waals surface area contributed by atoms with Crippen LogP contribution >= 0.6 is 11.3 Å². The number of nitrogens with zero attached hydrogens (tertiary/aromatic N) is 2. The minimum absolute atomic E-state index is 0.189. The average molecular weight is 412 g/mol. The summed E-state index contributed by atoms with van der Waals surface area (Å²) in [5.41, 5.74) is 1.00. The summed E-state index contributed by atoms with van der Waals surface area (Å²) in [6.07, 6.45) is 3.15. The van der Waals surface area contributed by atoms with Crippen molar-refractivity contribution < 1.29 is 18.3 Å². The molecular weight excluding hydrogens is 395 g/mol. The van der Waals surface area contributed by atoms with E-state index in [4.69, 9.17) is 9.15 Å². The van der Waals surface area contributed by atoms with Gasteiger partial charge in [-0.3, -0.25) is 9.36 Å². The molecule has 0 saturated heterocycles. The van der Waals surface area contributed by atoms with Gasteiger partial charge < -0.3 is 9.15 Å². The average Bonchev–Trinajstić information content (AvgIpc) is 3.30. The molecular formula is C21H17FN2O4S. The van der Waals surface area contributed by atoms with Crippen LogP contribution < -0.4 is 14.9 Å². The van der Waals surface area contributed by atoms with E-state index < -0.39 is 17.8 Å². The van der Waals surface area contributed by atoms with E-state index in [1.165, 1.54) is 34.3 Å². The Morgan fingerprint density at radius 2 is 2.10 bits per heavy atom.